The van der Waals surface area contributed by atoms with Gasteiger partial charge in [-0.1, -0.05) is 30.3 Å². The highest BCUT2D eigenvalue weighted by Gasteiger charge is 2.17. The number of hydrogen-bond acceptors (Lipinski definition) is 3. The van der Waals surface area contributed by atoms with Crippen LogP contribution in [0.15, 0.2) is 60.7 Å². The Hall–Kier alpha value is -0.800. The fourth-order valence-electron chi connectivity index (χ4n) is 3.91. The SMILES string of the molecule is Cc1c(Cc2cc(-c3ccccc3)cc(Cc3cc(I)c(O)c(I)c3)c2O)cc(I)c(O)c1I. The molecule has 0 fully saturated rings. The van der Waals surface area contributed by atoms with Crippen molar-refractivity contribution >= 4 is 90.4 Å². The highest BCUT2D eigenvalue weighted by molar-refractivity contribution is 14.1. The van der Waals surface area contributed by atoms with Crippen molar-refractivity contribution in [1.29, 1.82) is 0 Å². The zero-order valence-electron chi connectivity index (χ0n) is 18.0. The summed E-state index contributed by atoms with van der Waals surface area (Å²) in [7, 11) is 0. The molecule has 0 saturated carbocycles. The molecule has 0 heterocycles. The fourth-order valence-corrected chi connectivity index (χ4v) is 7.60. The van der Waals surface area contributed by atoms with E-state index >= 15 is 0 Å². The van der Waals surface area contributed by atoms with E-state index in [2.05, 4.69) is 115 Å². The third-order valence-corrected chi connectivity index (χ3v) is 9.56. The van der Waals surface area contributed by atoms with E-state index in [1.54, 1.807) is 0 Å². The number of aromatic hydroxyl groups is 3. The maximum Gasteiger partial charge on any atom is 0.142 e. The maximum absolute atomic E-state index is 11.4. The highest BCUT2D eigenvalue weighted by atomic mass is 127. The van der Waals surface area contributed by atoms with E-state index in [0.29, 0.717) is 24.3 Å². The van der Waals surface area contributed by atoms with Crippen molar-refractivity contribution in [1.82, 2.24) is 0 Å². The first-order chi connectivity index (χ1) is 16.2. The third-order valence-electron chi connectivity index (χ3n) is 5.77. The molecule has 7 heteroatoms. The standard InChI is InChI=1S/C27H20I4O3/c1-14-17(13-23(30)27(34)24(14)31)10-20-12-18(16-5-3-2-4-6-16)11-19(25(20)32)7-15-8-21(28)26(33)22(29)9-15/h2-6,8-9,11-13,32-34H,7,10H2,1H3. The Kier molecular flexibility index (Phi) is 8.56. The largest absolute Gasteiger partial charge is 0.507 e. The summed E-state index contributed by atoms with van der Waals surface area (Å²) in [6.07, 6.45) is 1.11. The smallest absolute Gasteiger partial charge is 0.142 e. The van der Waals surface area contributed by atoms with Crippen LogP contribution < -0.4 is 0 Å². The second kappa shape index (κ2) is 11.1. The van der Waals surface area contributed by atoms with Crippen LogP contribution >= 0.6 is 90.4 Å². The van der Waals surface area contributed by atoms with Crippen molar-refractivity contribution in [3.63, 3.8) is 0 Å². The van der Waals surface area contributed by atoms with E-state index in [-0.39, 0.29) is 5.75 Å². The van der Waals surface area contributed by atoms with Crippen LogP contribution in [0.25, 0.3) is 11.1 Å². The van der Waals surface area contributed by atoms with Gasteiger partial charge < -0.3 is 15.3 Å². The van der Waals surface area contributed by atoms with Crippen molar-refractivity contribution in [2.45, 2.75) is 19.8 Å². The molecule has 4 rings (SSSR count). The van der Waals surface area contributed by atoms with E-state index < -0.39 is 0 Å². The number of hydrogen-bond donors (Lipinski definition) is 3. The molecule has 0 unspecified atom stereocenters. The van der Waals surface area contributed by atoms with Gasteiger partial charge in [0.15, 0.2) is 0 Å². The van der Waals surface area contributed by atoms with Gasteiger partial charge >= 0.3 is 0 Å². The van der Waals surface area contributed by atoms with E-state index in [4.69, 9.17) is 0 Å². The molecule has 0 atom stereocenters. The monoisotopic (exact) mass is 900 g/mol. The van der Waals surface area contributed by atoms with Crippen molar-refractivity contribution in [2.24, 2.45) is 0 Å². The van der Waals surface area contributed by atoms with E-state index in [9.17, 15) is 15.3 Å². The van der Waals surface area contributed by atoms with Crippen LogP contribution in [0.4, 0.5) is 0 Å². The number of phenols is 3. The molecular weight excluding hydrogens is 880 g/mol. The second-order valence-corrected chi connectivity index (χ2v) is 12.6. The Labute approximate surface area is 253 Å². The van der Waals surface area contributed by atoms with Crippen LogP contribution in [-0.2, 0) is 12.8 Å². The summed E-state index contributed by atoms with van der Waals surface area (Å²) < 4.78 is 3.23. The minimum absolute atomic E-state index is 0.287. The van der Waals surface area contributed by atoms with Crippen LogP contribution in [0.1, 0.15) is 27.8 Å². The van der Waals surface area contributed by atoms with Gasteiger partial charge in [-0.3, -0.25) is 0 Å². The van der Waals surface area contributed by atoms with Crippen LogP contribution in [0.2, 0.25) is 0 Å². The van der Waals surface area contributed by atoms with E-state index in [0.717, 1.165) is 53.2 Å². The summed E-state index contributed by atoms with van der Waals surface area (Å²) in [5.74, 6) is 0.886. The summed E-state index contributed by atoms with van der Waals surface area (Å²) in [6.45, 7) is 2.01. The molecule has 174 valence electrons. The molecule has 0 saturated heterocycles. The zero-order chi connectivity index (χ0) is 24.6. The van der Waals surface area contributed by atoms with Crippen molar-refractivity contribution in [2.75, 3.05) is 0 Å². The van der Waals surface area contributed by atoms with Crippen LogP contribution in [0, 0.1) is 21.2 Å². The molecule has 0 spiro atoms. The summed E-state index contributed by atoms with van der Waals surface area (Å²) in [5, 5.41) is 31.8. The molecule has 34 heavy (non-hydrogen) atoms. The van der Waals surface area contributed by atoms with Crippen LogP contribution in [-0.4, -0.2) is 15.3 Å². The molecule has 0 aliphatic heterocycles. The zero-order valence-corrected chi connectivity index (χ0v) is 26.7. The number of rotatable bonds is 5. The summed E-state index contributed by atoms with van der Waals surface area (Å²) >= 11 is 8.61. The molecule has 3 nitrogen and oxygen atoms in total. The first-order valence-electron chi connectivity index (χ1n) is 10.4. The molecule has 0 aliphatic carbocycles. The lowest BCUT2D eigenvalue weighted by Crippen LogP contribution is -2.00. The molecule has 0 bridgehead atoms. The van der Waals surface area contributed by atoms with E-state index in [1.165, 1.54) is 0 Å². The Morgan fingerprint density at radius 2 is 1.15 bits per heavy atom. The molecule has 0 radical (unpaired) electrons. The molecule has 4 aromatic rings. The van der Waals surface area contributed by atoms with Gasteiger partial charge in [0.05, 0.1) is 14.3 Å². The summed E-state index contributed by atoms with van der Waals surface area (Å²) in [4.78, 5) is 0. The molecule has 0 aromatic heterocycles. The first-order valence-corrected chi connectivity index (χ1v) is 14.7. The van der Waals surface area contributed by atoms with Crippen molar-refractivity contribution in [3.8, 4) is 28.4 Å². The van der Waals surface area contributed by atoms with Gasteiger partial charge in [-0.05, 0) is 167 Å². The fraction of sp³-hybridized carbons (Fsp3) is 0.111. The predicted octanol–water partition coefficient (Wildman–Crippen LogP) is 8.38. The second-order valence-electron chi connectivity index (χ2n) is 8.08. The van der Waals surface area contributed by atoms with E-state index in [1.807, 2.05) is 43.3 Å². The molecule has 3 N–H and O–H groups in total. The van der Waals surface area contributed by atoms with Gasteiger partial charge in [0.2, 0.25) is 0 Å². The molecule has 4 aromatic carbocycles. The minimum atomic E-state index is 0.287. The highest BCUT2D eigenvalue weighted by Crippen LogP contribution is 2.37. The number of phenolic OH excluding ortho intramolecular Hbond substituents is 3. The summed E-state index contributed by atoms with van der Waals surface area (Å²) in [6, 6.07) is 20.2. The molecule has 0 amide bonds. The molecular formula is C27H20I4O3. The third kappa shape index (κ3) is 5.61. The van der Waals surface area contributed by atoms with Crippen LogP contribution in [0.3, 0.4) is 0 Å². The average Bonchev–Trinajstić information content (AvgIpc) is 2.82. The number of benzene rings is 4. The van der Waals surface area contributed by atoms with Crippen molar-refractivity contribution in [3.05, 3.63) is 103 Å². The van der Waals surface area contributed by atoms with Gasteiger partial charge in [0.1, 0.15) is 17.2 Å². The normalized spacial score (nSPS) is 11.1. The van der Waals surface area contributed by atoms with Crippen LogP contribution in [0.5, 0.6) is 17.2 Å². The quantitative estimate of drug-likeness (QED) is 0.177. The lowest BCUT2D eigenvalue weighted by Gasteiger charge is -2.17. The van der Waals surface area contributed by atoms with Gasteiger partial charge in [0.25, 0.3) is 0 Å². The van der Waals surface area contributed by atoms with Gasteiger partial charge in [-0.2, -0.15) is 0 Å². The summed E-state index contributed by atoms with van der Waals surface area (Å²) in [5.41, 5.74) is 6.95. The van der Waals surface area contributed by atoms with Gasteiger partial charge in [-0.15, -0.1) is 0 Å². The maximum atomic E-state index is 11.4. The average molecular weight is 900 g/mol. The Morgan fingerprint density at radius 1 is 0.588 bits per heavy atom. The molecule has 0 aliphatic rings. The lowest BCUT2D eigenvalue weighted by atomic mass is 9.91. The Bertz CT molecular complexity index is 1360. The number of halogens is 4. The minimum Gasteiger partial charge on any atom is -0.507 e. The topological polar surface area (TPSA) is 60.7 Å². The Balaban J connectivity index is 1.84. The first kappa shape index (κ1) is 26.3. The van der Waals surface area contributed by atoms with Gasteiger partial charge in [0, 0.05) is 12.8 Å². The Morgan fingerprint density at radius 3 is 1.76 bits per heavy atom. The van der Waals surface area contributed by atoms with Gasteiger partial charge in [-0.25, -0.2) is 0 Å². The predicted molar refractivity (Wildman–Crippen MR) is 171 cm³/mol. The van der Waals surface area contributed by atoms with Crippen molar-refractivity contribution < 1.29 is 15.3 Å². The lowest BCUT2D eigenvalue weighted by molar-refractivity contribution is 0.463.